The quantitative estimate of drug-likeness (QED) is 0.343. The SMILES string of the molecule is CCCCCCCc1ccc(C#C/C(F)=C(\F)C#Cc2ccc(CC)cc2)cc1. The first-order chi connectivity index (χ1) is 14.1. The van der Waals surface area contributed by atoms with Crippen molar-refractivity contribution in [3.63, 3.8) is 0 Å². The van der Waals surface area contributed by atoms with Crippen LogP contribution in [-0.2, 0) is 12.8 Å². The van der Waals surface area contributed by atoms with E-state index in [0.29, 0.717) is 11.1 Å². The van der Waals surface area contributed by atoms with Crippen LogP contribution in [0.25, 0.3) is 0 Å². The van der Waals surface area contributed by atoms with Crippen molar-refractivity contribution in [1.82, 2.24) is 0 Å². The number of benzene rings is 2. The Morgan fingerprint density at radius 2 is 1.14 bits per heavy atom. The third-order valence-corrected chi connectivity index (χ3v) is 4.71. The zero-order valence-electron chi connectivity index (χ0n) is 17.3. The van der Waals surface area contributed by atoms with Gasteiger partial charge in [0.15, 0.2) is 0 Å². The lowest BCUT2D eigenvalue weighted by Gasteiger charge is -2.01. The Bertz CT molecular complexity index is 911. The molecule has 150 valence electrons. The first-order valence-corrected chi connectivity index (χ1v) is 10.4. The third-order valence-electron chi connectivity index (χ3n) is 4.71. The summed E-state index contributed by atoms with van der Waals surface area (Å²) in [6.45, 7) is 4.26. The molecular weight excluding hydrogens is 362 g/mol. The van der Waals surface area contributed by atoms with Crippen molar-refractivity contribution in [3.8, 4) is 23.7 Å². The largest absolute Gasteiger partial charge is 0.217 e. The molecule has 0 aliphatic rings. The van der Waals surface area contributed by atoms with Crippen LogP contribution in [0.15, 0.2) is 60.2 Å². The molecule has 0 atom stereocenters. The number of aryl methyl sites for hydroxylation is 2. The minimum atomic E-state index is -1.14. The van der Waals surface area contributed by atoms with E-state index in [-0.39, 0.29) is 0 Å². The third kappa shape index (κ3) is 8.37. The lowest BCUT2D eigenvalue weighted by Crippen LogP contribution is -1.86. The van der Waals surface area contributed by atoms with Gasteiger partial charge in [-0.25, -0.2) is 0 Å². The minimum absolute atomic E-state index is 0.642. The molecule has 0 heterocycles. The van der Waals surface area contributed by atoms with Gasteiger partial charge in [-0.1, -0.05) is 75.6 Å². The number of unbranched alkanes of at least 4 members (excludes halogenated alkanes) is 4. The van der Waals surface area contributed by atoms with Crippen LogP contribution in [0.4, 0.5) is 8.78 Å². The van der Waals surface area contributed by atoms with Gasteiger partial charge in [0.25, 0.3) is 0 Å². The lowest BCUT2D eigenvalue weighted by atomic mass is 10.0. The van der Waals surface area contributed by atoms with Gasteiger partial charge >= 0.3 is 0 Å². The maximum absolute atomic E-state index is 13.9. The maximum Gasteiger partial charge on any atom is 0.217 e. The molecule has 2 aromatic carbocycles. The van der Waals surface area contributed by atoms with Crippen molar-refractivity contribution in [2.75, 3.05) is 0 Å². The van der Waals surface area contributed by atoms with Gasteiger partial charge in [-0.3, -0.25) is 0 Å². The summed E-state index contributed by atoms with van der Waals surface area (Å²) < 4.78 is 27.7. The van der Waals surface area contributed by atoms with Crippen LogP contribution in [0.2, 0.25) is 0 Å². The second kappa shape index (κ2) is 12.6. The van der Waals surface area contributed by atoms with E-state index >= 15 is 0 Å². The fraction of sp³-hybridized carbons (Fsp3) is 0.333. The van der Waals surface area contributed by atoms with Gasteiger partial charge in [0, 0.05) is 11.1 Å². The molecule has 0 unspecified atom stereocenters. The Kier molecular flexibility index (Phi) is 9.74. The summed E-state index contributed by atoms with van der Waals surface area (Å²) in [5.41, 5.74) is 3.72. The lowest BCUT2D eigenvalue weighted by molar-refractivity contribution is 0.584. The van der Waals surface area contributed by atoms with Gasteiger partial charge in [-0.15, -0.1) is 0 Å². The zero-order chi connectivity index (χ0) is 20.9. The highest BCUT2D eigenvalue weighted by Gasteiger charge is 2.00. The summed E-state index contributed by atoms with van der Waals surface area (Å²) in [6.07, 6.45) is 8.20. The summed E-state index contributed by atoms with van der Waals surface area (Å²) in [7, 11) is 0. The smallest absolute Gasteiger partial charge is 0.193 e. The molecule has 0 aliphatic heterocycles. The molecule has 2 rings (SSSR count). The minimum Gasteiger partial charge on any atom is -0.193 e. The van der Waals surface area contributed by atoms with E-state index in [1.54, 1.807) is 12.1 Å². The summed E-state index contributed by atoms with van der Waals surface area (Å²) in [5, 5.41) is 0. The maximum atomic E-state index is 13.9. The molecule has 2 heteroatoms. The van der Waals surface area contributed by atoms with Crippen molar-refractivity contribution in [1.29, 1.82) is 0 Å². The molecule has 0 radical (unpaired) electrons. The van der Waals surface area contributed by atoms with Crippen LogP contribution in [0.5, 0.6) is 0 Å². The first kappa shape index (κ1) is 22.4. The van der Waals surface area contributed by atoms with Gasteiger partial charge in [0.05, 0.1) is 0 Å². The molecule has 0 aliphatic carbocycles. The molecular formula is C27H28F2. The summed E-state index contributed by atoms with van der Waals surface area (Å²) >= 11 is 0. The fourth-order valence-corrected chi connectivity index (χ4v) is 2.88. The van der Waals surface area contributed by atoms with Crippen LogP contribution in [0.3, 0.4) is 0 Å². The molecule has 0 saturated heterocycles. The van der Waals surface area contributed by atoms with E-state index in [4.69, 9.17) is 0 Å². The molecule has 0 N–H and O–H groups in total. The van der Waals surface area contributed by atoms with Crippen LogP contribution >= 0.6 is 0 Å². The molecule has 29 heavy (non-hydrogen) atoms. The Morgan fingerprint density at radius 3 is 1.62 bits per heavy atom. The Balaban J connectivity index is 1.94. The molecule has 0 nitrogen and oxygen atoms in total. The molecule has 0 fully saturated rings. The van der Waals surface area contributed by atoms with E-state index in [2.05, 4.69) is 37.5 Å². The number of hydrogen-bond donors (Lipinski definition) is 0. The molecule has 2 aromatic rings. The number of rotatable bonds is 7. The monoisotopic (exact) mass is 390 g/mol. The first-order valence-electron chi connectivity index (χ1n) is 10.4. The van der Waals surface area contributed by atoms with E-state index < -0.39 is 11.7 Å². The van der Waals surface area contributed by atoms with Gasteiger partial charge in [0.2, 0.25) is 11.7 Å². The average molecular weight is 391 g/mol. The van der Waals surface area contributed by atoms with Crippen LogP contribution < -0.4 is 0 Å². The van der Waals surface area contributed by atoms with Crippen molar-refractivity contribution in [2.24, 2.45) is 0 Å². The van der Waals surface area contributed by atoms with Crippen LogP contribution in [0, 0.1) is 23.7 Å². The number of halogens is 2. The molecule has 0 aromatic heterocycles. The summed E-state index contributed by atoms with van der Waals surface area (Å²) in [4.78, 5) is 0. The predicted molar refractivity (Wildman–Crippen MR) is 118 cm³/mol. The van der Waals surface area contributed by atoms with Crippen molar-refractivity contribution < 1.29 is 8.78 Å². The van der Waals surface area contributed by atoms with E-state index in [9.17, 15) is 8.78 Å². The van der Waals surface area contributed by atoms with E-state index in [1.807, 2.05) is 36.4 Å². The summed E-state index contributed by atoms with van der Waals surface area (Å²) in [5.74, 6) is 7.44. The second-order valence-electron chi connectivity index (χ2n) is 7.04. The van der Waals surface area contributed by atoms with Gasteiger partial charge < -0.3 is 0 Å². The molecule has 0 bridgehead atoms. The average Bonchev–Trinajstić information content (AvgIpc) is 2.76. The Morgan fingerprint density at radius 1 is 0.655 bits per heavy atom. The molecule has 0 spiro atoms. The molecule has 0 saturated carbocycles. The number of hydrogen-bond acceptors (Lipinski definition) is 0. The Labute approximate surface area is 174 Å². The highest BCUT2D eigenvalue weighted by molar-refractivity contribution is 5.45. The Hall–Kier alpha value is -2.84. The standard InChI is InChI=1S/C27H28F2/c1-3-5-6-7-8-9-23-14-16-25(17-15-23)19-21-27(29)26(28)20-18-24-12-10-22(4-2)11-13-24/h10-17H,3-9H2,1-2H3/b27-26+. The number of allylic oxidation sites excluding steroid dienone is 2. The predicted octanol–water partition coefficient (Wildman–Crippen LogP) is 7.32. The zero-order valence-corrected chi connectivity index (χ0v) is 17.3. The van der Waals surface area contributed by atoms with Gasteiger partial charge in [0.1, 0.15) is 0 Å². The van der Waals surface area contributed by atoms with Crippen molar-refractivity contribution in [2.45, 2.75) is 58.8 Å². The van der Waals surface area contributed by atoms with Crippen molar-refractivity contribution >= 4 is 0 Å². The fourth-order valence-electron chi connectivity index (χ4n) is 2.88. The molecule has 0 amide bonds. The topological polar surface area (TPSA) is 0 Å². The second-order valence-corrected chi connectivity index (χ2v) is 7.04. The highest BCUT2D eigenvalue weighted by atomic mass is 19.2. The normalized spacial score (nSPS) is 11.0. The van der Waals surface area contributed by atoms with Crippen molar-refractivity contribution in [3.05, 3.63) is 82.4 Å². The van der Waals surface area contributed by atoms with E-state index in [1.165, 1.54) is 43.2 Å². The summed E-state index contributed by atoms with van der Waals surface area (Å²) in [6, 6.07) is 15.2. The van der Waals surface area contributed by atoms with Gasteiger partial charge in [-0.2, -0.15) is 8.78 Å². The van der Waals surface area contributed by atoms with Crippen LogP contribution in [0.1, 0.15) is 68.2 Å². The highest BCUT2D eigenvalue weighted by Crippen LogP contribution is 2.11. The van der Waals surface area contributed by atoms with E-state index in [0.717, 1.165) is 12.8 Å². The van der Waals surface area contributed by atoms with Gasteiger partial charge in [-0.05, 0) is 66.5 Å². The van der Waals surface area contributed by atoms with Crippen LogP contribution in [-0.4, -0.2) is 0 Å².